The average Bonchev–Trinajstić information content (AvgIpc) is 3.30. The number of thiazole rings is 1. The van der Waals surface area contributed by atoms with Crippen LogP contribution in [0.3, 0.4) is 0 Å². The van der Waals surface area contributed by atoms with Crippen LogP contribution in [0.15, 0.2) is 24.3 Å². The van der Waals surface area contributed by atoms with Gasteiger partial charge in [0.25, 0.3) is 11.6 Å². The van der Waals surface area contributed by atoms with E-state index in [2.05, 4.69) is 10.3 Å². The minimum Gasteiger partial charge on any atom is -0.376 e. The maximum Gasteiger partial charge on any atom is 0.270 e. The minimum absolute atomic E-state index is 0.158. The highest BCUT2D eigenvalue weighted by Crippen LogP contribution is 2.22. The van der Waals surface area contributed by atoms with Crippen LogP contribution in [0, 0.1) is 24.0 Å². The van der Waals surface area contributed by atoms with Crippen molar-refractivity contribution in [1.29, 1.82) is 0 Å². The van der Waals surface area contributed by atoms with Crippen LogP contribution in [-0.2, 0) is 9.53 Å². The van der Waals surface area contributed by atoms with Crippen LogP contribution >= 0.6 is 11.3 Å². The smallest absolute Gasteiger partial charge is 0.270 e. The Morgan fingerprint density at radius 2 is 2.21 bits per heavy atom. The second kappa shape index (κ2) is 9.10. The van der Waals surface area contributed by atoms with Crippen LogP contribution in [0.2, 0.25) is 0 Å². The zero-order valence-corrected chi connectivity index (χ0v) is 17.0. The van der Waals surface area contributed by atoms with Crippen LogP contribution in [0.5, 0.6) is 0 Å². The van der Waals surface area contributed by atoms with E-state index < -0.39 is 10.8 Å². The molecule has 0 bridgehead atoms. The van der Waals surface area contributed by atoms with Crippen LogP contribution in [0.1, 0.15) is 33.8 Å². The van der Waals surface area contributed by atoms with Crippen molar-refractivity contribution in [3.05, 3.63) is 50.5 Å². The summed E-state index contributed by atoms with van der Waals surface area (Å²) < 4.78 is 5.61. The number of hydrogen-bond acceptors (Lipinski definition) is 7. The minimum atomic E-state index is -0.555. The lowest BCUT2D eigenvalue weighted by atomic mass is 10.1. The number of nitrogens with one attached hydrogen (secondary N) is 1. The molecule has 1 saturated heterocycles. The van der Waals surface area contributed by atoms with Gasteiger partial charge < -0.3 is 15.0 Å². The summed E-state index contributed by atoms with van der Waals surface area (Å²) in [4.78, 5) is 42.7. The second-order valence-corrected chi connectivity index (χ2v) is 8.04. The van der Waals surface area contributed by atoms with E-state index in [0.717, 1.165) is 23.4 Å². The number of nitro groups is 1. The van der Waals surface area contributed by atoms with E-state index in [1.54, 1.807) is 0 Å². The maximum absolute atomic E-state index is 13.0. The first-order valence-electron chi connectivity index (χ1n) is 9.22. The number of aromatic nitrogens is 1. The molecule has 2 amide bonds. The first kappa shape index (κ1) is 20.9. The summed E-state index contributed by atoms with van der Waals surface area (Å²) >= 11 is 1.37. The fraction of sp³-hybridized carbons (Fsp3) is 0.421. The summed E-state index contributed by atoms with van der Waals surface area (Å²) in [7, 11) is 0. The van der Waals surface area contributed by atoms with E-state index in [-0.39, 0.29) is 36.4 Å². The average molecular weight is 418 g/mol. The number of rotatable bonds is 7. The first-order chi connectivity index (χ1) is 13.8. The Labute approximate surface area is 171 Å². The van der Waals surface area contributed by atoms with Crippen LogP contribution in [0.4, 0.5) is 10.8 Å². The van der Waals surface area contributed by atoms with Crippen molar-refractivity contribution in [2.24, 2.45) is 0 Å². The Hall–Kier alpha value is -2.85. The zero-order chi connectivity index (χ0) is 21.0. The van der Waals surface area contributed by atoms with Gasteiger partial charge in [0.15, 0.2) is 5.13 Å². The molecule has 1 aromatic heterocycles. The Morgan fingerprint density at radius 1 is 1.41 bits per heavy atom. The van der Waals surface area contributed by atoms with Gasteiger partial charge in [-0.2, -0.15) is 0 Å². The standard InChI is InChI=1S/C19H22N4O5S/c1-12-13(2)29-19(20-12)21-17(24)11-22(10-16-7-4-8-28-16)18(25)14-5-3-6-15(9-14)23(26)27/h3,5-6,9,16H,4,7-8,10-11H2,1-2H3,(H,20,21,24)/t16-/m1/s1. The molecule has 1 aliphatic heterocycles. The monoisotopic (exact) mass is 418 g/mol. The molecule has 0 unspecified atom stereocenters. The Kier molecular flexibility index (Phi) is 6.55. The first-order valence-corrected chi connectivity index (χ1v) is 10.0. The number of non-ortho nitro benzene ring substituents is 1. The number of anilines is 1. The highest BCUT2D eigenvalue weighted by Gasteiger charge is 2.26. The number of ether oxygens (including phenoxy) is 1. The number of hydrogen-bond donors (Lipinski definition) is 1. The van der Waals surface area contributed by atoms with Gasteiger partial charge in [-0.05, 0) is 32.8 Å². The summed E-state index contributed by atoms with van der Waals surface area (Å²) in [6.45, 7) is 4.44. The van der Waals surface area contributed by atoms with E-state index in [1.807, 2.05) is 13.8 Å². The van der Waals surface area contributed by atoms with Crippen molar-refractivity contribution in [2.75, 3.05) is 25.0 Å². The van der Waals surface area contributed by atoms with Crippen LogP contribution in [-0.4, -0.2) is 52.4 Å². The molecule has 29 heavy (non-hydrogen) atoms. The number of nitrogens with zero attached hydrogens (tertiary/aromatic N) is 3. The molecular weight excluding hydrogens is 396 g/mol. The molecule has 9 nitrogen and oxygen atoms in total. The van der Waals surface area contributed by atoms with Crippen molar-refractivity contribution in [2.45, 2.75) is 32.8 Å². The molecule has 1 N–H and O–H groups in total. The number of benzene rings is 1. The molecule has 1 atom stereocenters. The Bertz CT molecular complexity index is 904. The SMILES string of the molecule is Cc1nc(NC(=O)CN(C[C@H]2CCCO2)C(=O)c2cccc([N+](=O)[O-])c2)sc1C. The Balaban J connectivity index is 1.76. The molecule has 3 rings (SSSR count). The van der Waals surface area contributed by atoms with Crippen molar-refractivity contribution in [1.82, 2.24) is 9.88 Å². The zero-order valence-electron chi connectivity index (χ0n) is 16.2. The molecule has 0 radical (unpaired) electrons. The van der Waals surface area contributed by atoms with Gasteiger partial charge in [-0.3, -0.25) is 19.7 Å². The maximum atomic E-state index is 13.0. The predicted octanol–water partition coefficient (Wildman–Crippen LogP) is 2.93. The molecule has 10 heteroatoms. The molecule has 1 aromatic carbocycles. The number of nitro benzene ring substituents is 1. The largest absolute Gasteiger partial charge is 0.376 e. The van der Waals surface area contributed by atoms with E-state index >= 15 is 0 Å². The van der Waals surface area contributed by atoms with Gasteiger partial charge in [-0.1, -0.05) is 6.07 Å². The quantitative estimate of drug-likeness (QED) is 0.546. The molecule has 0 aliphatic carbocycles. The third kappa shape index (κ3) is 5.36. The van der Waals surface area contributed by atoms with Gasteiger partial charge in [-0.15, -0.1) is 11.3 Å². The fourth-order valence-corrected chi connectivity index (χ4v) is 3.88. The number of amides is 2. The summed E-state index contributed by atoms with van der Waals surface area (Å²) in [5, 5.41) is 14.2. The molecule has 1 aliphatic rings. The van der Waals surface area contributed by atoms with Gasteiger partial charge in [0.1, 0.15) is 6.54 Å². The summed E-state index contributed by atoms with van der Waals surface area (Å²) in [5.74, 6) is -0.832. The highest BCUT2D eigenvalue weighted by molar-refractivity contribution is 7.15. The lowest BCUT2D eigenvalue weighted by molar-refractivity contribution is -0.384. The van der Waals surface area contributed by atoms with E-state index in [1.165, 1.54) is 40.5 Å². The Morgan fingerprint density at radius 3 is 2.83 bits per heavy atom. The molecular formula is C19H22N4O5S. The van der Waals surface area contributed by atoms with Gasteiger partial charge >= 0.3 is 0 Å². The van der Waals surface area contributed by atoms with E-state index in [0.29, 0.717) is 11.7 Å². The summed E-state index contributed by atoms with van der Waals surface area (Å²) in [6.07, 6.45) is 1.54. The molecule has 154 valence electrons. The van der Waals surface area contributed by atoms with Gasteiger partial charge in [0, 0.05) is 35.7 Å². The van der Waals surface area contributed by atoms with Gasteiger partial charge in [0.05, 0.1) is 16.7 Å². The van der Waals surface area contributed by atoms with E-state index in [4.69, 9.17) is 4.74 Å². The molecule has 0 spiro atoms. The summed E-state index contributed by atoms with van der Waals surface area (Å²) in [6, 6.07) is 5.50. The number of aryl methyl sites for hydroxylation is 2. The van der Waals surface area contributed by atoms with Crippen LogP contribution < -0.4 is 5.32 Å². The van der Waals surface area contributed by atoms with Crippen molar-refractivity contribution in [3.8, 4) is 0 Å². The fourth-order valence-electron chi connectivity index (χ4n) is 3.05. The predicted molar refractivity (Wildman–Crippen MR) is 108 cm³/mol. The van der Waals surface area contributed by atoms with Gasteiger partial charge in [0.2, 0.25) is 5.91 Å². The topological polar surface area (TPSA) is 115 Å². The number of carbonyl (C=O) groups is 2. The number of carbonyl (C=O) groups excluding carboxylic acids is 2. The lowest BCUT2D eigenvalue weighted by Crippen LogP contribution is -2.42. The molecule has 2 heterocycles. The second-order valence-electron chi connectivity index (χ2n) is 6.84. The van der Waals surface area contributed by atoms with Gasteiger partial charge in [-0.25, -0.2) is 4.98 Å². The molecule has 2 aromatic rings. The third-order valence-corrected chi connectivity index (χ3v) is 5.64. The summed E-state index contributed by atoms with van der Waals surface area (Å²) in [5.41, 5.74) is 0.825. The normalized spacial score (nSPS) is 15.9. The molecule has 1 fully saturated rings. The van der Waals surface area contributed by atoms with Crippen molar-refractivity contribution in [3.63, 3.8) is 0 Å². The van der Waals surface area contributed by atoms with Crippen molar-refractivity contribution < 1.29 is 19.2 Å². The van der Waals surface area contributed by atoms with Crippen molar-refractivity contribution >= 4 is 34.0 Å². The highest BCUT2D eigenvalue weighted by atomic mass is 32.1. The molecule has 0 saturated carbocycles. The third-order valence-electron chi connectivity index (χ3n) is 4.65. The van der Waals surface area contributed by atoms with Crippen LogP contribution in [0.25, 0.3) is 0 Å². The van der Waals surface area contributed by atoms with E-state index in [9.17, 15) is 19.7 Å². The lowest BCUT2D eigenvalue weighted by Gasteiger charge is -2.25.